The number of hydrogen-bond donors (Lipinski definition) is 0. The number of Topliss-reactive ketones (excluding diaryl/α,β-unsaturated/α-hetero) is 1. The summed E-state index contributed by atoms with van der Waals surface area (Å²) in [5.41, 5.74) is 1.46. The Hall–Kier alpha value is -0.700. The third-order valence-electron chi connectivity index (χ3n) is 2.12. The fraction of sp³-hybridized carbons (Fsp3) is 0.364. The van der Waals surface area contributed by atoms with Crippen molar-refractivity contribution in [2.24, 2.45) is 0 Å². The predicted molar refractivity (Wildman–Crippen MR) is 58.3 cm³/mol. The van der Waals surface area contributed by atoms with Crippen molar-refractivity contribution in [2.75, 3.05) is 5.33 Å². The topological polar surface area (TPSA) is 17.1 Å². The first-order valence-electron chi connectivity index (χ1n) is 4.53. The molecular weight excluding hydrogens is 247 g/mol. The lowest BCUT2D eigenvalue weighted by Crippen LogP contribution is -2.08. The van der Waals surface area contributed by atoms with Crippen LogP contribution in [0.4, 0.5) is 4.39 Å². The third-order valence-corrected chi connectivity index (χ3v) is 2.75. The van der Waals surface area contributed by atoms with Crippen LogP contribution in [0, 0.1) is 5.82 Å². The number of benzene rings is 1. The Labute approximate surface area is 91.5 Å². The fourth-order valence-electron chi connectivity index (χ4n) is 1.38. The van der Waals surface area contributed by atoms with Crippen LogP contribution < -0.4 is 0 Å². The first-order chi connectivity index (χ1) is 6.69. The van der Waals surface area contributed by atoms with Gasteiger partial charge in [-0.3, -0.25) is 4.79 Å². The molecule has 0 spiro atoms. The average molecular weight is 259 g/mol. The molecule has 1 rings (SSSR count). The normalized spacial score (nSPS) is 10.2. The smallest absolute Gasteiger partial charge is 0.147 e. The van der Waals surface area contributed by atoms with E-state index in [2.05, 4.69) is 15.9 Å². The molecule has 14 heavy (non-hydrogen) atoms. The van der Waals surface area contributed by atoms with Crippen molar-refractivity contribution >= 4 is 21.7 Å². The first-order valence-corrected chi connectivity index (χ1v) is 5.65. The van der Waals surface area contributed by atoms with Crippen molar-refractivity contribution in [1.82, 2.24) is 0 Å². The summed E-state index contributed by atoms with van der Waals surface area (Å²) < 4.78 is 13.4. The van der Waals surface area contributed by atoms with Crippen molar-refractivity contribution in [3.05, 3.63) is 35.1 Å². The molecule has 0 heterocycles. The number of aryl methyl sites for hydroxylation is 1. The predicted octanol–water partition coefficient (Wildman–Crippen LogP) is 2.89. The number of alkyl halides is 1. The maximum Gasteiger partial charge on any atom is 0.147 e. The largest absolute Gasteiger partial charge is 0.298 e. The highest BCUT2D eigenvalue weighted by Crippen LogP contribution is 2.15. The summed E-state index contributed by atoms with van der Waals surface area (Å²) in [6.07, 6.45) is 0.934. The standard InChI is InChI=1S/C11H12BrFO/c1-2-8-4-3-5-11(13)10(8)6-9(14)7-12/h3-5H,2,6-7H2,1H3. The van der Waals surface area contributed by atoms with Gasteiger partial charge in [0.25, 0.3) is 0 Å². The van der Waals surface area contributed by atoms with Crippen molar-refractivity contribution in [1.29, 1.82) is 0 Å². The lowest BCUT2D eigenvalue weighted by molar-refractivity contribution is -0.115. The molecule has 76 valence electrons. The number of carbonyl (C=O) groups excluding carboxylic acids is 1. The molecule has 0 aliphatic carbocycles. The van der Waals surface area contributed by atoms with E-state index < -0.39 is 0 Å². The van der Waals surface area contributed by atoms with Crippen LogP contribution in [0.3, 0.4) is 0 Å². The van der Waals surface area contributed by atoms with Crippen LogP contribution in [0.2, 0.25) is 0 Å². The maximum atomic E-state index is 13.4. The Morgan fingerprint density at radius 2 is 2.21 bits per heavy atom. The van der Waals surface area contributed by atoms with Crippen LogP contribution in [-0.2, 0) is 17.6 Å². The molecule has 0 atom stereocenters. The van der Waals surface area contributed by atoms with Gasteiger partial charge in [-0.2, -0.15) is 0 Å². The minimum atomic E-state index is -0.279. The molecule has 0 bridgehead atoms. The molecule has 0 saturated heterocycles. The number of ketones is 1. The summed E-state index contributed by atoms with van der Waals surface area (Å²) >= 11 is 3.07. The Morgan fingerprint density at radius 3 is 2.79 bits per heavy atom. The second-order valence-corrected chi connectivity index (χ2v) is 3.64. The van der Waals surface area contributed by atoms with Gasteiger partial charge < -0.3 is 0 Å². The van der Waals surface area contributed by atoms with E-state index in [-0.39, 0.29) is 23.4 Å². The van der Waals surface area contributed by atoms with Gasteiger partial charge in [0.1, 0.15) is 11.6 Å². The highest BCUT2D eigenvalue weighted by atomic mass is 79.9. The molecule has 0 aromatic heterocycles. The Kier molecular flexibility index (Phi) is 4.26. The molecule has 0 saturated carbocycles. The van der Waals surface area contributed by atoms with Crippen molar-refractivity contribution < 1.29 is 9.18 Å². The molecule has 0 fully saturated rings. The van der Waals surface area contributed by atoms with Gasteiger partial charge in [0, 0.05) is 6.42 Å². The van der Waals surface area contributed by atoms with Crippen LogP contribution in [0.1, 0.15) is 18.1 Å². The molecule has 0 N–H and O–H groups in total. The zero-order chi connectivity index (χ0) is 10.6. The number of rotatable bonds is 4. The van der Waals surface area contributed by atoms with E-state index in [1.54, 1.807) is 6.07 Å². The Balaban J connectivity index is 2.98. The molecular formula is C11H12BrFO. The van der Waals surface area contributed by atoms with Gasteiger partial charge in [0.05, 0.1) is 5.33 Å². The monoisotopic (exact) mass is 258 g/mol. The molecule has 0 aliphatic heterocycles. The number of hydrogen-bond acceptors (Lipinski definition) is 1. The van der Waals surface area contributed by atoms with Crippen LogP contribution >= 0.6 is 15.9 Å². The summed E-state index contributed by atoms with van der Waals surface area (Å²) in [6.45, 7) is 1.96. The first kappa shape index (κ1) is 11.4. The molecule has 3 heteroatoms. The highest BCUT2D eigenvalue weighted by Gasteiger charge is 2.10. The highest BCUT2D eigenvalue weighted by molar-refractivity contribution is 9.09. The molecule has 0 radical (unpaired) electrons. The lowest BCUT2D eigenvalue weighted by Gasteiger charge is -2.07. The lowest BCUT2D eigenvalue weighted by atomic mass is 10.0. The Morgan fingerprint density at radius 1 is 1.50 bits per heavy atom. The fourth-order valence-corrected chi connectivity index (χ4v) is 1.58. The van der Waals surface area contributed by atoms with Crippen LogP contribution in [0.15, 0.2) is 18.2 Å². The summed E-state index contributed by atoms with van der Waals surface area (Å²) in [6, 6.07) is 4.94. The van der Waals surface area contributed by atoms with Gasteiger partial charge in [-0.25, -0.2) is 4.39 Å². The van der Waals surface area contributed by atoms with Gasteiger partial charge in [0.15, 0.2) is 0 Å². The van der Waals surface area contributed by atoms with E-state index in [0.29, 0.717) is 5.56 Å². The molecule has 0 aliphatic rings. The summed E-state index contributed by atoms with van der Waals surface area (Å²) in [4.78, 5) is 11.2. The van der Waals surface area contributed by atoms with Crippen molar-refractivity contribution in [3.8, 4) is 0 Å². The quantitative estimate of drug-likeness (QED) is 0.760. The van der Waals surface area contributed by atoms with E-state index in [1.807, 2.05) is 13.0 Å². The van der Waals surface area contributed by atoms with Crippen LogP contribution in [0.5, 0.6) is 0 Å². The SMILES string of the molecule is CCc1cccc(F)c1CC(=O)CBr. The van der Waals surface area contributed by atoms with Gasteiger partial charge in [-0.15, -0.1) is 0 Å². The van der Waals surface area contributed by atoms with E-state index in [4.69, 9.17) is 0 Å². The summed E-state index contributed by atoms with van der Waals surface area (Å²) in [5.74, 6) is -0.275. The van der Waals surface area contributed by atoms with E-state index in [0.717, 1.165) is 12.0 Å². The number of carbonyl (C=O) groups is 1. The maximum absolute atomic E-state index is 13.4. The van der Waals surface area contributed by atoms with Crippen molar-refractivity contribution in [3.63, 3.8) is 0 Å². The molecule has 1 aromatic carbocycles. The third kappa shape index (κ3) is 2.64. The van der Waals surface area contributed by atoms with Gasteiger partial charge in [-0.05, 0) is 23.6 Å². The Bertz CT molecular complexity index is 336. The van der Waals surface area contributed by atoms with Gasteiger partial charge in [0.2, 0.25) is 0 Å². The van der Waals surface area contributed by atoms with Gasteiger partial charge in [-0.1, -0.05) is 35.0 Å². The molecule has 0 unspecified atom stereocenters. The van der Waals surface area contributed by atoms with E-state index in [9.17, 15) is 9.18 Å². The molecule has 1 nitrogen and oxygen atoms in total. The van der Waals surface area contributed by atoms with Crippen LogP contribution in [0.25, 0.3) is 0 Å². The van der Waals surface area contributed by atoms with E-state index in [1.165, 1.54) is 6.07 Å². The van der Waals surface area contributed by atoms with Crippen LogP contribution in [-0.4, -0.2) is 11.1 Å². The second-order valence-electron chi connectivity index (χ2n) is 3.08. The van der Waals surface area contributed by atoms with Gasteiger partial charge >= 0.3 is 0 Å². The van der Waals surface area contributed by atoms with Crippen molar-refractivity contribution in [2.45, 2.75) is 19.8 Å². The average Bonchev–Trinajstić information content (AvgIpc) is 2.20. The zero-order valence-corrected chi connectivity index (χ0v) is 9.60. The molecule has 0 amide bonds. The second kappa shape index (κ2) is 5.25. The van der Waals surface area contributed by atoms with E-state index >= 15 is 0 Å². The summed E-state index contributed by atoms with van der Waals surface area (Å²) in [7, 11) is 0. The molecule has 1 aromatic rings. The minimum absolute atomic E-state index is 0.00444. The summed E-state index contributed by atoms with van der Waals surface area (Å²) in [5, 5.41) is 0.282. The number of halogens is 2. The minimum Gasteiger partial charge on any atom is -0.298 e. The zero-order valence-electron chi connectivity index (χ0n) is 8.02.